The molecule has 3 nitrogen and oxygen atoms in total. The Morgan fingerprint density at radius 3 is 2.50 bits per heavy atom. The lowest BCUT2D eigenvalue weighted by atomic mass is 10.1. The third-order valence-electron chi connectivity index (χ3n) is 2.77. The van der Waals surface area contributed by atoms with E-state index >= 15 is 0 Å². The maximum absolute atomic E-state index is 13.4. The molecule has 1 aromatic carbocycles. The van der Waals surface area contributed by atoms with Crippen LogP contribution in [0.5, 0.6) is 0 Å². The molecule has 0 unspecified atom stereocenters. The summed E-state index contributed by atoms with van der Waals surface area (Å²) in [5, 5.41) is 4.76. The molecular formula is C12H16Cl2FN2O+. The summed E-state index contributed by atoms with van der Waals surface area (Å²) in [7, 11) is 1.58. The molecule has 2 atom stereocenters. The van der Waals surface area contributed by atoms with Gasteiger partial charge in [0.2, 0.25) is 0 Å². The third kappa shape index (κ3) is 3.57. The minimum Gasteiger partial charge on any atom is -0.354 e. The fourth-order valence-electron chi connectivity index (χ4n) is 1.74. The molecule has 100 valence electrons. The second-order valence-corrected chi connectivity index (χ2v) is 4.99. The van der Waals surface area contributed by atoms with Gasteiger partial charge in [-0.3, -0.25) is 4.79 Å². The highest BCUT2D eigenvalue weighted by atomic mass is 35.5. The van der Waals surface area contributed by atoms with Crippen molar-refractivity contribution in [2.24, 2.45) is 0 Å². The summed E-state index contributed by atoms with van der Waals surface area (Å²) in [6.07, 6.45) is 0. The van der Waals surface area contributed by atoms with E-state index in [1.165, 1.54) is 12.1 Å². The molecule has 0 aromatic heterocycles. The van der Waals surface area contributed by atoms with E-state index in [0.717, 1.165) is 0 Å². The molecule has 1 amide bonds. The van der Waals surface area contributed by atoms with E-state index in [1.807, 2.05) is 12.2 Å². The molecule has 1 aromatic rings. The van der Waals surface area contributed by atoms with Crippen molar-refractivity contribution in [2.45, 2.75) is 25.9 Å². The topological polar surface area (TPSA) is 45.7 Å². The molecule has 6 heteroatoms. The van der Waals surface area contributed by atoms with E-state index in [4.69, 9.17) is 23.2 Å². The highest BCUT2D eigenvalue weighted by Crippen LogP contribution is 2.27. The number of amides is 1. The number of quaternary nitrogens is 1. The van der Waals surface area contributed by atoms with Crippen LogP contribution < -0.4 is 10.6 Å². The number of nitrogens with one attached hydrogen (secondary N) is 1. The van der Waals surface area contributed by atoms with Crippen LogP contribution in [0.2, 0.25) is 10.0 Å². The van der Waals surface area contributed by atoms with Gasteiger partial charge in [-0.15, -0.1) is 0 Å². The number of hydrogen-bond donors (Lipinski definition) is 2. The Labute approximate surface area is 116 Å². The standard InChI is InChI=1S/C12H15Cl2FN2O/c1-6(17-7(2)12(18)16-3)8-4-11(15)10(14)5-9(8)13/h4-7,17H,1-3H3,(H,16,18)/p+1/t6-,7+/m0/s1. The molecule has 0 saturated carbocycles. The van der Waals surface area contributed by atoms with Gasteiger partial charge < -0.3 is 10.6 Å². The summed E-state index contributed by atoms with van der Waals surface area (Å²) in [5.74, 6) is -0.601. The van der Waals surface area contributed by atoms with E-state index in [-0.39, 0.29) is 23.0 Å². The van der Waals surface area contributed by atoms with Crippen LogP contribution in [-0.2, 0) is 4.79 Å². The Kier molecular flexibility index (Phi) is 5.38. The highest BCUT2D eigenvalue weighted by molar-refractivity contribution is 6.35. The molecule has 0 heterocycles. The number of rotatable bonds is 4. The first kappa shape index (κ1) is 15.2. The van der Waals surface area contributed by atoms with E-state index in [0.29, 0.717) is 10.6 Å². The van der Waals surface area contributed by atoms with Crippen molar-refractivity contribution in [1.29, 1.82) is 0 Å². The SMILES string of the molecule is CNC(=O)[C@@H](C)[NH2+][C@@H](C)c1cc(F)c(Cl)cc1Cl. The Morgan fingerprint density at radius 1 is 1.33 bits per heavy atom. The van der Waals surface area contributed by atoms with Gasteiger partial charge in [0, 0.05) is 12.6 Å². The van der Waals surface area contributed by atoms with Gasteiger partial charge in [0.05, 0.1) is 10.0 Å². The number of halogens is 3. The van der Waals surface area contributed by atoms with Crippen LogP contribution in [0.1, 0.15) is 25.5 Å². The Bertz CT molecular complexity index is 454. The van der Waals surface area contributed by atoms with Crippen LogP contribution in [0.25, 0.3) is 0 Å². The van der Waals surface area contributed by atoms with Gasteiger partial charge in [-0.2, -0.15) is 0 Å². The van der Waals surface area contributed by atoms with Gasteiger partial charge >= 0.3 is 0 Å². The molecule has 18 heavy (non-hydrogen) atoms. The van der Waals surface area contributed by atoms with Crippen LogP contribution >= 0.6 is 23.2 Å². The summed E-state index contributed by atoms with van der Waals surface area (Å²) >= 11 is 11.7. The van der Waals surface area contributed by atoms with Crippen LogP contribution in [-0.4, -0.2) is 19.0 Å². The number of carbonyl (C=O) groups excluding carboxylic acids is 1. The largest absolute Gasteiger partial charge is 0.354 e. The van der Waals surface area contributed by atoms with Crippen molar-refractivity contribution in [3.63, 3.8) is 0 Å². The average Bonchev–Trinajstić information content (AvgIpc) is 2.32. The molecule has 0 aliphatic heterocycles. The van der Waals surface area contributed by atoms with Crippen molar-refractivity contribution in [3.05, 3.63) is 33.6 Å². The first-order valence-electron chi connectivity index (χ1n) is 5.57. The van der Waals surface area contributed by atoms with Crippen LogP contribution in [0.15, 0.2) is 12.1 Å². The van der Waals surface area contributed by atoms with Gasteiger partial charge in [0.25, 0.3) is 5.91 Å². The van der Waals surface area contributed by atoms with Crippen LogP contribution in [0, 0.1) is 5.82 Å². The Morgan fingerprint density at radius 2 is 1.94 bits per heavy atom. The summed E-state index contributed by atoms with van der Waals surface area (Å²) in [4.78, 5) is 11.4. The van der Waals surface area contributed by atoms with Crippen molar-refractivity contribution in [2.75, 3.05) is 7.05 Å². The second kappa shape index (κ2) is 6.36. The average molecular weight is 294 g/mol. The summed E-state index contributed by atoms with van der Waals surface area (Å²) in [6, 6.07) is 2.27. The fraction of sp³-hybridized carbons (Fsp3) is 0.417. The van der Waals surface area contributed by atoms with Crippen LogP contribution in [0.4, 0.5) is 4.39 Å². The number of likely N-dealkylation sites (N-methyl/N-ethyl adjacent to an activating group) is 1. The maximum Gasteiger partial charge on any atom is 0.277 e. The van der Waals surface area contributed by atoms with Crippen molar-refractivity contribution in [1.82, 2.24) is 5.32 Å². The summed E-state index contributed by atoms with van der Waals surface area (Å²) in [5.41, 5.74) is 0.620. The summed E-state index contributed by atoms with van der Waals surface area (Å²) < 4.78 is 13.4. The highest BCUT2D eigenvalue weighted by Gasteiger charge is 2.21. The van der Waals surface area contributed by atoms with E-state index < -0.39 is 5.82 Å². The molecule has 0 bridgehead atoms. The molecule has 3 N–H and O–H groups in total. The van der Waals surface area contributed by atoms with Gasteiger partial charge in [-0.05, 0) is 26.0 Å². The molecule has 0 spiro atoms. The Balaban J connectivity index is 2.87. The quantitative estimate of drug-likeness (QED) is 0.818. The molecule has 0 aliphatic carbocycles. The predicted octanol–water partition coefficient (Wildman–Crippen LogP) is 1.89. The predicted molar refractivity (Wildman–Crippen MR) is 70.3 cm³/mol. The lowest BCUT2D eigenvalue weighted by Gasteiger charge is -2.17. The maximum atomic E-state index is 13.4. The third-order valence-corrected chi connectivity index (χ3v) is 3.38. The number of carbonyl (C=O) groups is 1. The van der Waals surface area contributed by atoms with E-state index in [1.54, 1.807) is 14.0 Å². The molecule has 0 fully saturated rings. The van der Waals surface area contributed by atoms with Crippen molar-refractivity contribution in [3.8, 4) is 0 Å². The minimum atomic E-state index is -0.510. The molecule has 0 aliphatic rings. The lowest BCUT2D eigenvalue weighted by Crippen LogP contribution is -2.92. The van der Waals surface area contributed by atoms with Gasteiger partial charge in [0.15, 0.2) is 6.04 Å². The monoisotopic (exact) mass is 293 g/mol. The van der Waals surface area contributed by atoms with Crippen molar-refractivity contribution < 1.29 is 14.5 Å². The number of hydrogen-bond acceptors (Lipinski definition) is 1. The fourth-order valence-corrected chi connectivity index (χ4v) is 2.29. The Hall–Kier alpha value is -0.840. The lowest BCUT2D eigenvalue weighted by molar-refractivity contribution is -0.710. The minimum absolute atomic E-state index is 0.00435. The van der Waals surface area contributed by atoms with Gasteiger partial charge in [-0.25, -0.2) is 4.39 Å². The zero-order chi connectivity index (χ0) is 13.9. The van der Waals surface area contributed by atoms with Gasteiger partial charge in [0.1, 0.15) is 11.9 Å². The first-order valence-corrected chi connectivity index (χ1v) is 6.33. The zero-order valence-corrected chi connectivity index (χ0v) is 11.9. The van der Waals surface area contributed by atoms with E-state index in [9.17, 15) is 9.18 Å². The summed E-state index contributed by atoms with van der Waals surface area (Å²) in [6.45, 7) is 3.63. The van der Waals surface area contributed by atoms with Crippen LogP contribution in [0.3, 0.4) is 0 Å². The normalized spacial score (nSPS) is 14.1. The van der Waals surface area contributed by atoms with E-state index in [2.05, 4.69) is 5.32 Å². The number of benzene rings is 1. The first-order chi connectivity index (χ1) is 8.36. The molecule has 1 rings (SSSR count). The zero-order valence-electron chi connectivity index (χ0n) is 10.4. The van der Waals surface area contributed by atoms with Gasteiger partial charge in [-0.1, -0.05) is 23.2 Å². The molecular weight excluding hydrogens is 278 g/mol. The molecule has 0 radical (unpaired) electrons. The number of nitrogens with two attached hydrogens (primary N) is 1. The second-order valence-electron chi connectivity index (χ2n) is 4.17. The molecule has 0 saturated heterocycles. The smallest absolute Gasteiger partial charge is 0.277 e. The van der Waals surface area contributed by atoms with Crippen molar-refractivity contribution >= 4 is 29.1 Å².